The number of carbonyl (C=O) groups is 1. The lowest BCUT2D eigenvalue weighted by molar-refractivity contribution is -0.137. The van der Waals surface area contributed by atoms with Crippen molar-refractivity contribution in [3.05, 3.63) is 12.5 Å². The van der Waals surface area contributed by atoms with Gasteiger partial charge >= 0.3 is 5.97 Å². The van der Waals surface area contributed by atoms with E-state index in [1.165, 1.54) is 12.5 Å². The van der Waals surface area contributed by atoms with Crippen LogP contribution in [0.1, 0.15) is 27.7 Å². The average molecular weight is 303 g/mol. The third-order valence-corrected chi connectivity index (χ3v) is 4.53. The fraction of sp³-hybridized carbons (Fsp3) is 0.667. The van der Waals surface area contributed by atoms with Gasteiger partial charge in [0.2, 0.25) is 0 Å². The Kier molecular flexibility index (Phi) is 5.29. The lowest BCUT2D eigenvalue weighted by atomic mass is 10.2. The quantitative estimate of drug-likeness (QED) is 0.812. The van der Waals surface area contributed by atoms with Crippen LogP contribution in [0.3, 0.4) is 0 Å². The number of carboxylic acid groups (broad SMARTS) is 1. The molecule has 1 aromatic rings. The van der Waals surface area contributed by atoms with Gasteiger partial charge in [-0.2, -0.15) is 4.31 Å². The van der Waals surface area contributed by atoms with Gasteiger partial charge < -0.3 is 9.67 Å². The summed E-state index contributed by atoms with van der Waals surface area (Å²) in [4.78, 5) is 14.7. The smallest absolute Gasteiger partial charge is 0.318 e. The number of hydrogen-bond donors (Lipinski definition) is 1. The van der Waals surface area contributed by atoms with E-state index in [0.29, 0.717) is 12.5 Å². The van der Waals surface area contributed by atoms with Gasteiger partial charge in [-0.3, -0.25) is 4.79 Å². The summed E-state index contributed by atoms with van der Waals surface area (Å²) in [5.74, 6) is -0.830. The highest BCUT2D eigenvalue weighted by Crippen LogP contribution is 2.16. The van der Waals surface area contributed by atoms with E-state index in [2.05, 4.69) is 4.98 Å². The lowest BCUT2D eigenvalue weighted by Gasteiger charge is -2.22. The van der Waals surface area contributed by atoms with E-state index in [-0.39, 0.29) is 5.03 Å². The van der Waals surface area contributed by atoms with E-state index in [1.54, 1.807) is 18.4 Å². The molecule has 0 aromatic carbocycles. The molecule has 0 unspecified atom stereocenters. The molecular formula is C12H21N3O4S. The minimum Gasteiger partial charge on any atom is -0.480 e. The van der Waals surface area contributed by atoms with Crippen LogP contribution in [0.2, 0.25) is 0 Å². The highest BCUT2D eigenvalue weighted by molar-refractivity contribution is 7.89. The molecule has 0 aliphatic carbocycles. The minimum absolute atomic E-state index is 0.117. The molecule has 7 nitrogen and oxygen atoms in total. The topological polar surface area (TPSA) is 92.5 Å². The number of nitrogens with zero attached hydrogens (tertiary/aromatic N) is 3. The Morgan fingerprint density at radius 2 is 2.00 bits per heavy atom. The zero-order valence-corrected chi connectivity index (χ0v) is 13.0. The molecule has 20 heavy (non-hydrogen) atoms. The van der Waals surface area contributed by atoms with Crippen LogP contribution in [0.4, 0.5) is 0 Å². The van der Waals surface area contributed by atoms with Gasteiger partial charge in [0.05, 0.1) is 6.33 Å². The standard InChI is InChI=1S/C12H21N3O4S/c1-9(2)5-14-6-11(13-8-14)20(18,19)15(10(3)4)7-12(16)17/h6,8-10H,5,7H2,1-4H3,(H,16,17). The second-order valence-electron chi connectivity index (χ2n) is 5.34. The van der Waals surface area contributed by atoms with E-state index in [1.807, 2.05) is 13.8 Å². The molecule has 0 aliphatic rings. The highest BCUT2D eigenvalue weighted by atomic mass is 32.2. The first-order valence-electron chi connectivity index (χ1n) is 6.40. The molecule has 0 spiro atoms. The van der Waals surface area contributed by atoms with Crippen molar-refractivity contribution in [2.24, 2.45) is 5.92 Å². The first-order valence-corrected chi connectivity index (χ1v) is 7.84. The molecule has 0 fully saturated rings. The van der Waals surface area contributed by atoms with Crippen molar-refractivity contribution in [1.29, 1.82) is 0 Å². The van der Waals surface area contributed by atoms with Crippen molar-refractivity contribution in [3.63, 3.8) is 0 Å². The largest absolute Gasteiger partial charge is 0.480 e. The van der Waals surface area contributed by atoms with E-state index in [9.17, 15) is 13.2 Å². The third kappa shape index (κ3) is 4.04. The molecule has 0 saturated heterocycles. The van der Waals surface area contributed by atoms with Crippen molar-refractivity contribution in [2.45, 2.75) is 45.3 Å². The molecule has 0 amide bonds. The second-order valence-corrected chi connectivity index (χ2v) is 7.18. The van der Waals surface area contributed by atoms with Crippen LogP contribution < -0.4 is 0 Å². The van der Waals surface area contributed by atoms with Crippen LogP contribution in [-0.2, 0) is 21.4 Å². The fourth-order valence-electron chi connectivity index (χ4n) is 1.79. The van der Waals surface area contributed by atoms with Crippen molar-refractivity contribution < 1.29 is 18.3 Å². The first-order chi connectivity index (χ1) is 9.14. The van der Waals surface area contributed by atoms with Gasteiger partial charge in [-0.25, -0.2) is 13.4 Å². The molecule has 114 valence electrons. The Labute approximate surface area is 119 Å². The predicted molar refractivity (Wildman–Crippen MR) is 73.7 cm³/mol. The number of carboxylic acids is 1. The van der Waals surface area contributed by atoms with Gasteiger partial charge in [-0.05, 0) is 19.8 Å². The van der Waals surface area contributed by atoms with E-state index >= 15 is 0 Å². The molecule has 1 aromatic heterocycles. The number of sulfonamides is 1. The summed E-state index contributed by atoms with van der Waals surface area (Å²) in [6.07, 6.45) is 2.89. The number of hydrogen-bond acceptors (Lipinski definition) is 4. The zero-order chi connectivity index (χ0) is 15.5. The SMILES string of the molecule is CC(C)Cn1cnc(S(=O)(=O)N(CC(=O)O)C(C)C)c1. The van der Waals surface area contributed by atoms with Gasteiger partial charge in [-0.15, -0.1) is 0 Å². The van der Waals surface area contributed by atoms with Crippen LogP contribution in [0.25, 0.3) is 0 Å². The molecule has 0 saturated carbocycles. The van der Waals surface area contributed by atoms with Crippen LogP contribution in [0, 0.1) is 5.92 Å². The van der Waals surface area contributed by atoms with Gasteiger partial charge in [0.15, 0.2) is 5.03 Å². The third-order valence-electron chi connectivity index (χ3n) is 2.63. The van der Waals surface area contributed by atoms with Gasteiger partial charge in [0.1, 0.15) is 6.54 Å². The number of rotatable bonds is 7. The molecule has 0 atom stereocenters. The molecular weight excluding hydrogens is 282 g/mol. The Bertz CT molecular complexity index is 563. The van der Waals surface area contributed by atoms with E-state index < -0.39 is 28.6 Å². The molecule has 8 heteroatoms. The van der Waals surface area contributed by atoms with Gasteiger partial charge in [0.25, 0.3) is 10.0 Å². The van der Waals surface area contributed by atoms with Gasteiger partial charge in [-0.1, -0.05) is 13.8 Å². The number of imidazole rings is 1. The summed E-state index contributed by atoms with van der Waals surface area (Å²) in [6.45, 7) is 7.37. The maximum absolute atomic E-state index is 12.4. The Morgan fingerprint density at radius 3 is 2.45 bits per heavy atom. The maximum Gasteiger partial charge on any atom is 0.318 e. The molecule has 1 heterocycles. The van der Waals surface area contributed by atoms with Crippen molar-refractivity contribution in [2.75, 3.05) is 6.54 Å². The van der Waals surface area contributed by atoms with E-state index in [4.69, 9.17) is 5.11 Å². The molecule has 1 N–H and O–H groups in total. The lowest BCUT2D eigenvalue weighted by Crippen LogP contribution is -2.40. The Morgan fingerprint density at radius 1 is 1.40 bits per heavy atom. The summed E-state index contributed by atoms with van der Waals surface area (Å²) >= 11 is 0. The summed E-state index contributed by atoms with van der Waals surface area (Å²) in [5.41, 5.74) is 0. The summed E-state index contributed by atoms with van der Waals surface area (Å²) in [7, 11) is -3.89. The average Bonchev–Trinajstić information content (AvgIpc) is 2.73. The second kappa shape index (κ2) is 6.36. The van der Waals surface area contributed by atoms with Crippen molar-refractivity contribution in [1.82, 2.24) is 13.9 Å². The monoisotopic (exact) mass is 303 g/mol. The molecule has 0 bridgehead atoms. The summed E-state index contributed by atoms with van der Waals surface area (Å²) in [6, 6.07) is -0.452. The van der Waals surface area contributed by atoms with Crippen molar-refractivity contribution >= 4 is 16.0 Å². The molecule has 0 aliphatic heterocycles. The van der Waals surface area contributed by atoms with Gasteiger partial charge in [0, 0.05) is 18.8 Å². The molecule has 1 rings (SSSR count). The Balaban J connectivity index is 3.07. The first kappa shape index (κ1) is 16.6. The van der Waals surface area contributed by atoms with Crippen LogP contribution in [0.5, 0.6) is 0 Å². The van der Waals surface area contributed by atoms with Crippen LogP contribution in [0.15, 0.2) is 17.6 Å². The molecule has 0 radical (unpaired) electrons. The highest BCUT2D eigenvalue weighted by Gasteiger charge is 2.30. The zero-order valence-electron chi connectivity index (χ0n) is 12.1. The van der Waals surface area contributed by atoms with Crippen molar-refractivity contribution in [3.8, 4) is 0 Å². The maximum atomic E-state index is 12.4. The number of aliphatic carboxylic acids is 1. The summed E-state index contributed by atoms with van der Waals surface area (Å²) in [5, 5.41) is 8.72. The number of aromatic nitrogens is 2. The van der Waals surface area contributed by atoms with Crippen LogP contribution >= 0.6 is 0 Å². The summed E-state index contributed by atoms with van der Waals surface area (Å²) < 4.78 is 27.4. The van der Waals surface area contributed by atoms with Crippen LogP contribution in [-0.4, -0.2) is 45.9 Å². The normalized spacial score (nSPS) is 12.6. The predicted octanol–water partition coefficient (Wildman–Crippen LogP) is 1.02. The Hall–Kier alpha value is -1.41. The van der Waals surface area contributed by atoms with E-state index in [0.717, 1.165) is 4.31 Å². The fourth-order valence-corrected chi connectivity index (χ4v) is 3.32. The minimum atomic E-state index is -3.89.